The molecule has 4 nitrogen and oxygen atoms in total. The summed E-state index contributed by atoms with van der Waals surface area (Å²) in [5, 5.41) is 0. The van der Waals surface area contributed by atoms with Crippen LogP contribution in [0.5, 0.6) is 0 Å². The first-order chi connectivity index (χ1) is 14.3. The standard InChI is InChI=1S/C25H33N3O/c1-3-5-6-7-10-18-11-8-12-21-20(18)15-19(27-21)16-24-25(29-4-2)17-23(28-24)22-13-9-14-26-22/h9,13-18,22-23H,3-8,10-12H2,1-2H3. The summed E-state index contributed by atoms with van der Waals surface area (Å²) in [5.41, 5.74) is 4.73. The molecule has 0 radical (unpaired) electrons. The quantitative estimate of drug-likeness (QED) is 0.460. The van der Waals surface area contributed by atoms with Gasteiger partial charge in [-0.3, -0.25) is 15.0 Å². The lowest BCUT2D eigenvalue weighted by molar-refractivity contribution is 0.250. The summed E-state index contributed by atoms with van der Waals surface area (Å²) in [6, 6.07) is 0.110. The van der Waals surface area contributed by atoms with Crippen molar-refractivity contribution in [2.24, 2.45) is 20.9 Å². The van der Waals surface area contributed by atoms with Crippen LogP contribution in [0.25, 0.3) is 0 Å². The summed E-state index contributed by atoms with van der Waals surface area (Å²) in [5.74, 6) is 1.55. The normalized spacial score (nSPS) is 29.0. The topological polar surface area (TPSA) is 46.3 Å². The first kappa shape index (κ1) is 20.1. The molecule has 4 rings (SSSR count). The number of hydrogen-bond acceptors (Lipinski definition) is 4. The van der Waals surface area contributed by atoms with E-state index in [1.165, 1.54) is 56.2 Å². The van der Waals surface area contributed by atoms with E-state index in [9.17, 15) is 0 Å². The van der Waals surface area contributed by atoms with Gasteiger partial charge >= 0.3 is 0 Å². The monoisotopic (exact) mass is 391 g/mol. The van der Waals surface area contributed by atoms with E-state index in [-0.39, 0.29) is 12.1 Å². The van der Waals surface area contributed by atoms with E-state index in [1.54, 1.807) is 0 Å². The van der Waals surface area contributed by atoms with Crippen molar-refractivity contribution in [1.82, 2.24) is 0 Å². The van der Waals surface area contributed by atoms with Crippen molar-refractivity contribution < 1.29 is 4.74 Å². The number of hydrogen-bond donors (Lipinski definition) is 0. The van der Waals surface area contributed by atoms with E-state index in [4.69, 9.17) is 14.7 Å². The van der Waals surface area contributed by atoms with Gasteiger partial charge in [0, 0.05) is 11.9 Å². The van der Waals surface area contributed by atoms with Crippen LogP contribution in [0.1, 0.15) is 65.2 Å². The number of unbranched alkanes of at least 4 members (excludes halogenated alkanes) is 3. The van der Waals surface area contributed by atoms with Crippen molar-refractivity contribution in [1.29, 1.82) is 0 Å². The average molecular weight is 392 g/mol. The first-order valence-corrected chi connectivity index (χ1v) is 11.4. The van der Waals surface area contributed by atoms with Gasteiger partial charge in [-0.05, 0) is 68.4 Å². The van der Waals surface area contributed by atoms with Gasteiger partial charge in [0.25, 0.3) is 0 Å². The molecule has 29 heavy (non-hydrogen) atoms. The molecule has 0 N–H and O–H groups in total. The van der Waals surface area contributed by atoms with Gasteiger partial charge in [-0.2, -0.15) is 0 Å². The molecule has 0 saturated heterocycles. The van der Waals surface area contributed by atoms with Crippen molar-refractivity contribution >= 4 is 17.6 Å². The fourth-order valence-electron chi connectivity index (χ4n) is 4.68. The molecule has 0 amide bonds. The summed E-state index contributed by atoms with van der Waals surface area (Å²) in [7, 11) is 0. The van der Waals surface area contributed by atoms with E-state index >= 15 is 0 Å². The van der Waals surface area contributed by atoms with Crippen LogP contribution in [-0.4, -0.2) is 36.3 Å². The number of rotatable bonds is 9. The average Bonchev–Trinajstić information content (AvgIpc) is 3.46. The molecule has 0 aromatic carbocycles. The second kappa shape index (κ2) is 9.51. The summed E-state index contributed by atoms with van der Waals surface area (Å²) in [4.78, 5) is 14.3. The van der Waals surface area contributed by atoms with E-state index in [0.717, 1.165) is 23.6 Å². The molecule has 3 aliphatic heterocycles. The van der Waals surface area contributed by atoms with Crippen LogP contribution in [0.3, 0.4) is 0 Å². The van der Waals surface area contributed by atoms with Gasteiger partial charge in [-0.1, -0.05) is 38.7 Å². The van der Waals surface area contributed by atoms with Crippen molar-refractivity contribution in [3.63, 3.8) is 0 Å². The molecule has 3 unspecified atom stereocenters. The summed E-state index contributed by atoms with van der Waals surface area (Å²) in [6.45, 7) is 4.93. The molecule has 1 aliphatic carbocycles. The number of aliphatic imine (C=N–C) groups is 3. The van der Waals surface area contributed by atoms with E-state index in [1.807, 2.05) is 19.2 Å². The fraction of sp³-hybridized carbons (Fsp3) is 0.560. The van der Waals surface area contributed by atoms with Crippen LogP contribution < -0.4 is 0 Å². The minimum absolute atomic E-state index is 0.0219. The van der Waals surface area contributed by atoms with E-state index in [0.29, 0.717) is 12.5 Å². The highest BCUT2D eigenvalue weighted by atomic mass is 16.5. The van der Waals surface area contributed by atoms with Gasteiger partial charge < -0.3 is 4.74 Å². The Balaban J connectivity index is 1.50. The Kier molecular flexibility index (Phi) is 6.58. The molecule has 4 heteroatoms. The molecule has 154 valence electrons. The van der Waals surface area contributed by atoms with E-state index < -0.39 is 0 Å². The molecule has 3 heterocycles. The second-order valence-electron chi connectivity index (χ2n) is 8.31. The highest BCUT2D eigenvalue weighted by Gasteiger charge is 2.29. The smallest absolute Gasteiger partial charge is 0.142 e. The van der Waals surface area contributed by atoms with Gasteiger partial charge in [0.1, 0.15) is 11.5 Å². The highest BCUT2D eigenvalue weighted by Crippen LogP contribution is 2.36. The lowest BCUT2D eigenvalue weighted by Gasteiger charge is -2.24. The molecule has 0 aromatic heterocycles. The third-order valence-electron chi connectivity index (χ3n) is 6.16. The van der Waals surface area contributed by atoms with Crippen LogP contribution in [0.4, 0.5) is 0 Å². The van der Waals surface area contributed by atoms with Crippen molar-refractivity contribution in [2.45, 2.75) is 77.3 Å². The lowest BCUT2D eigenvalue weighted by Crippen LogP contribution is -2.17. The third kappa shape index (κ3) is 4.68. The van der Waals surface area contributed by atoms with E-state index in [2.05, 4.69) is 36.2 Å². The zero-order chi connectivity index (χ0) is 20.1. The molecule has 3 atom stereocenters. The van der Waals surface area contributed by atoms with Gasteiger partial charge in [-0.15, -0.1) is 0 Å². The summed E-state index contributed by atoms with van der Waals surface area (Å²) in [6.07, 6.45) is 22.8. The largest absolute Gasteiger partial charge is 0.492 e. The Bertz CT molecular complexity index is 813. The van der Waals surface area contributed by atoms with Crippen molar-refractivity contribution in [3.8, 4) is 0 Å². The zero-order valence-electron chi connectivity index (χ0n) is 17.8. The Morgan fingerprint density at radius 1 is 1.17 bits per heavy atom. The van der Waals surface area contributed by atoms with Crippen LogP contribution in [0.15, 0.2) is 62.4 Å². The highest BCUT2D eigenvalue weighted by molar-refractivity contribution is 6.11. The molecule has 1 fully saturated rings. The molecule has 0 aromatic rings. The first-order valence-electron chi connectivity index (χ1n) is 11.4. The maximum atomic E-state index is 5.87. The van der Waals surface area contributed by atoms with Crippen LogP contribution in [0.2, 0.25) is 0 Å². The number of fused-ring (bicyclic) bond motifs is 1. The lowest BCUT2D eigenvalue weighted by atomic mass is 9.80. The van der Waals surface area contributed by atoms with Gasteiger partial charge in [-0.25, -0.2) is 0 Å². The third-order valence-corrected chi connectivity index (χ3v) is 6.16. The molecule has 1 saturated carbocycles. The minimum Gasteiger partial charge on any atom is -0.492 e. The molecule has 0 bridgehead atoms. The fourth-order valence-corrected chi connectivity index (χ4v) is 4.68. The Morgan fingerprint density at radius 3 is 2.90 bits per heavy atom. The molecular weight excluding hydrogens is 358 g/mol. The molecule has 4 aliphatic rings. The summed E-state index contributed by atoms with van der Waals surface area (Å²) >= 11 is 0. The van der Waals surface area contributed by atoms with Crippen LogP contribution >= 0.6 is 0 Å². The van der Waals surface area contributed by atoms with Gasteiger partial charge in [0.2, 0.25) is 0 Å². The second-order valence-corrected chi connectivity index (χ2v) is 8.31. The van der Waals surface area contributed by atoms with Gasteiger partial charge in [0.05, 0.1) is 24.4 Å². The number of allylic oxidation sites excluding steroid dienone is 4. The van der Waals surface area contributed by atoms with Crippen molar-refractivity contribution in [2.75, 3.05) is 6.61 Å². The maximum Gasteiger partial charge on any atom is 0.142 e. The molecule has 0 spiro atoms. The van der Waals surface area contributed by atoms with Crippen molar-refractivity contribution in [3.05, 3.63) is 47.4 Å². The zero-order valence-corrected chi connectivity index (χ0v) is 17.8. The molecular formula is C25H33N3O. The minimum atomic E-state index is 0.0219. The maximum absolute atomic E-state index is 5.87. The predicted octanol–water partition coefficient (Wildman–Crippen LogP) is 5.77. The SMILES string of the molecule is CCCCCCC1CCCC2=NC(=CC3=NC(C4C=CC=N4)C=C3OCC)C=C21. The Morgan fingerprint density at radius 2 is 2.10 bits per heavy atom. The number of nitrogens with zero attached hydrogens (tertiary/aromatic N) is 3. The Labute approximate surface area is 175 Å². The number of ether oxygens (including phenoxy) is 1. The van der Waals surface area contributed by atoms with Crippen LogP contribution in [0, 0.1) is 5.92 Å². The van der Waals surface area contributed by atoms with Crippen LogP contribution in [-0.2, 0) is 4.74 Å². The predicted molar refractivity (Wildman–Crippen MR) is 122 cm³/mol. The van der Waals surface area contributed by atoms with Gasteiger partial charge in [0.15, 0.2) is 0 Å². The Hall–Kier alpha value is -2.23. The summed E-state index contributed by atoms with van der Waals surface area (Å²) < 4.78 is 5.87.